The minimum absolute atomic E-state index is 0. The van der Waals surface area contributed by atoms with E-state index in [-0.39, 0.29) is 24.8 Å². The van der Waals surface area contributed by atoms with Gasteiger partial charge in [-0.1, -0.05) is 0 Å². The molecule has 1 aromatic carbocycles. The van der Waals surface area contributed by atoms with E-state index in [4.69, 9.17) is 0 Å². The van der Waals surface area contributed by atoms with Gasteiger partial charge in [0.05, 0.1) is 0 Å². The van der Waals surface area contributed by atoms with E-state index in [1.54, 1.807) is 27.5 Å². The summed E-state index contributed by atoms with van der Waals surface area (Å²) in [6.07, 6.45) is 13.6. The van der Waals surface area contributed by atoms with Crippen molar-refractivity contribution in [2.24, 2.45) is 10.8 Å². The van der Waals surface area contributed by atoms with Gasteiger partial charge < -0.3 is 0 Å². The van der Waals surface area contributed by atoms with Gasteiger partial charge in [0.2, 0.25) is 0 Å². The molecule has 0 heterocycles. The SMILES string of the molecule is CC1=CC2=C(CCCC2(C)C)[CH]1[Zr]([CH]1C(C)=CC2=C1CCCC2(C)C)=[Si](C)c1ccccc1.Cl.Cl. The first-order valence-corrected chi connectivity index (χ1v) is 21.7. The maximum absolute atomic E-state index is 2.72. The maximum atomic E-state index is 2.72. The molecule has 2 atom stereocenters. The van der Waals surface area contributed by atoms with E-state index in [1.165, 1.54) is 38.5 Å². The smallest absolute Gasteiger partial charge is 0.147 e. The third-order valence-corrected chi connectivity index (χ3v) is 30.3. The number of halogens is 2. The van der Waals surface area contributed by atoms with E-state index in [0.29, 0.717) is 10.8 Å². The van der Waals surface area contributed by atoms with Gasteiger partial charge in [-0.05, 0) is 0 Å². The van der Waals surface area contributed by atoms with Gasteiger partial charge >= 0.3 is 212 Å². The van der Waals surface area contributed by atoms with E-state index in [0.717, 1.165) is 7.25 Å². The fourth-order valence-corrected chi connectivity index (χ4v) is 31.2. The third kappa shape index (κ3) is 5.13. The standard InChI is InChI=1S/2C12H17.C7H8Si.2ClH.Zr/c2*1-9-7-10-5-4-6-12(2,3)11(10)8-9;1-8-7-5-3-2-4-6-7;;;/h2*7-8H,4-6H2,1-3H3;2-6H,1H3;2*1H;. The molecule has 0 saturated heterocycles. The number of hydrogen-bond donors (Lipinski definition) is 0. The number of hydrogen-bond acceptors (Lipinski definition) is 0. The first-order chi connectivity index (χ1) is 15.6. The van der Waals surface area contributed by atoms with E-state index in [1.807, 2.05) is 11.1 Å². The quantitative estimate of drug-likeness (QED) is 0.301. The molecule has 35 heavy (non-hydrogen) atoms. The second kappa shape index (κ2) is 10.9. The summed E-state index contributed by atoms with van der Waals surface area (Å²) >= 11 is -2.03. The first kappa shape index (κ1) is 29.4. The van der Waals surface area contributed by atoms with Gasteiger partial charge in [-0.25, -0.2) is 0 Å². The van der Waals surface area contributed by atoms with Crippen molar-refractivity contribution in [2.75, 3.05) is 0 Å². The van der Waals surface area contributed by atoms with E-state index in [2.05, 4.69) is 90.6 Å². The Morgan fingerprint density at radius 3 is 1.60 bits per heavy atom. The molecule has 0 amide bonds. The molecule has 1 aromatic rings. The van der Waals surface area contributed by atoms with Crippen LogP contribution in [0.25, 0.3) is 0 Å². The van der Waals surface area contributed by atoms with E-state index >= 15 is 0 Å². The predicted octanol–water partition coefficient (Wildman–Crippen LogP) is 9.49. The Balaban J connectivity index is 0.00000171. The van der Waals surface area contributed by atoms with Crippen LogP contribution in [0.2, 0.25) is 13.8 Å². The fourth-order valence-electron chi connectivity index (χ4n) is 7.52. The predicted molar refractivity (Wildman–Crippen MR) is 157 cm³/mol. The summed E-state index contributed by atoms with van der Waals surface area (Å²) in [6.45, 7) is 17.8. The summed E-state index contributed by atoms with van der Waals surface area (Å²) in [7, 11) is 0. The van der Waals surface area contributed by atoms with Gasteiger partial charge in [0.15, 0.2) is 0 Å². The average Bonchev–Trinajstić information content (AvgIpc) is 3.28. The van der Waals surface area contributed by atoms with Gasteiger partial charge in [-0.3, -0.25) is 0 Å². The molecule has 0 aromatic heterocycles. The zero-order chi connectivity index (χ0) is 23.5. The molecule has 5 rings (SSSR count). The zero-order valence-electron chi connectivity index (χ0n) is 22.8. The Morgan fingerprint density at radius 2 is 1.17 bits per heavy atom. The van der Waals surface area contributed by atoms with Crippen molar-refractivity contribution in [2.45, 2.75) is 93.9 Å². The van der Waals surface area contributed by atoms with Crippen LogP contribution < -0.4 is 5.19 Å². The summed E-state index contributed by atoms with van der Waals surface area (Å²) < 4.78 is 1.65. The van der Waals surface area contributed by atoms with E-state index in [9.17, 15) is 0 Å². The van der Waals surface area contributed by atoms with Crippen molar-refractivity contribution in [1.82, 2.24) is 0 Å². The third-order valence-electron chi connectivity index (χ3n) is 9.26. The maximum Gasteiger partial charge on any atom is -0.147 e. The minimum atomic E-state index is -2.03. The molecule has 190 valence electrons. The van der Waals surface area contributed by atoms with Crippen LogP contribution in [0.5, 0.6) is 0 Å². The monoisotopic (exact) mass is 604 g/mol. The number of allylic oxidation sites excluding steroid dienone is 8. The van der Waals surface area contributed by atoms with Crippen LogP contribution in [0.15, 0.2) is 75.9 Å². The van der Waals surface area contributed by atoms with Crippen LogP contribution in [0.3, 0.4) is 0 Å². The molecule has 0 N–H and O–H groups in total. The molecule has 0 aliphatic heterocycles. The normalized spacial score (nSPS) is 26.1. The van der Waals surface area contributed by atoms with Crippen LogP contribution in [-0.4, -0.2) is 5.43 Å². The van der Waals surface area contributed by atoms with Crippen molar-refractivity contribution in [3.05, 3.63) is 75.9 Å². The van der Waals surface area contributed by atoms with Crippen LogP contribution in [0, 0.1) is 10.8 Å². The molecule has 0 spiro atoms. The van der Waals surface area contributed by atoms with Crippen LogP contribution in [0.1, 0.15) is 80.1 Å². The molecule has 0 nitrogen and oxygen atoms in total. The van der Waals surface area contributed by atoms with Crippen molar-refractivity contribution in [3.8, 4) is 0 Å². The molecule has 0 fully saturated rings. The molecule has 0 bridgehead atoms. The van der Waals surface area contributed by atoms with Crippen LogP contribution >= 0.6 is 24.8 Å². The first-order valence-electron chi connectivity index (χ1n) is 13.2. The largest absolute Gasteiger partial charge is 0.147 e. The van der Waals surface area contributed by atoms with Crippen molar-refractivity contribution >= 4 is 35.4 Å². The van der Waals surface area contributed by atoms with Crippen LogP contribution in [0.4, 0.5) is 0 Å². The zero-order valence-corrected chi connectivity index (χ0v) is 27.8. The number of rotatable bonds is 3. The minimum Gasteiger partial charge on any atom is -0.147 e. The van der Waals surface area contributed by atoms with E-state index < -0.39 is 25.8 Å². The van der Waals surface area contributed by atoms with Crippen molar-refractivity contribution in [3.63, 3.8) is 0 Å². The topological polar surface area (TPSA) is 0 Å². The molecule has 0 radical (unpaired) electrons. The Bertz CT molecular complexity index is 1080. The second-order valence-corrected chi connectivity index (χ2v) is 28.3. The molecule has 4 aliphatic rings. The van der Waals surface area contributed by atoms with Gasteiger partial charge in [0, 0.05) is 0 Å². The summed E-state index contributed by atoms with van der Waals surface area (Å²) in [6, 6.07) is 11.7. The Morgan fingerprint density at radius 1 is 0.743 bits per heavy atom. The summed E-state index contributed by atoms with van der Waals surface area (Å²) in [5, 5.41) is 1.70. The fraction of sp³-hybridized carbons (Fsp3) is 0.548. The Labute approximate surface area is 234 Å². The summed E-state index contributed by atoms with van der Waals surface area (Å²) in [5.41, 5.74) is 10.9. The molecule has 0 saturated carbocycles. The van der Waals surface area contributed by atoms with Crippen molar-refractivity contribution in [1.29, 1.82) is 0 Å². The molecular formula is C31H44Cl2SiZr. The average molecular weight is 607 g/mol. The van der Waals surface area contributed by atoms with Gasteiger partial charge in [-0.2, -0.15) is 0 Å². The van der Waals surface area contributed by atoms with Gasteiger partial charge in [0.1, 0.15) is 0 Å². The second-order valence-electron chi connectivity index (χ2n) is 12.4. The number of benzene rings is 1. The Hall–Kier alpha value is -0.140. The molecular weight excluding hydrogens is 563 g/mol. The van der Waals surface area contributed by atoms with Crippen LogP contribution in [-0.2, 0) is 20.4 Å². The van der Waals surface area contributed by atoms with Crippen molar-refractivity contribution < 1.29 is 20.4 Å². The van der Waals surface area contributed by atoms with Gasteiger partial charge in [0.25, 0.3) is 0 Å². The molecule has 2 unspecified atom stereocenters. The molecule has 4 aliphatic carbocycles. The molecule has 4 heteroatoms. The Kier molecular flexibility index (Phi) is 9.18. The summed E-state index contributed by atoms with van der Waals surface area (Å²) in [5.74, 6) is 0. The summed E-state index contributed by atoms with van der Waals surface area (Å²) in [4.78, 5) is 0. The van der Waals surface area contributed by atoms with Gasteiger partial charge in [-0.15, -0.1) is 24.8 Å².